The van der Waals surface area contributed by atoms with Gasteiger partial charge in [-0.05, 0) is 24.0 Å². The predicted molar refractivity (Wildman–Crippen MR) is 60.6 cm³/mol. The molecular weight excluding hydrogens is 194 g/mol. The van der Waals surface area contributed by atoms with E-state index in [9.17, 15) is 0 Å². The highest BCUT2D eigenvalue weighted by Crippen LogP contribution is 2.21. The summed E-state index contributed by atoms with van der Waals surface area (Å²) in [5.41, 5.74) is 4.54. The van der Waals surface area contributed by atoms with E-state index in [0.29, 0.717) is 6.04 Å². The average Bonchev–Trinajstić information content (AvgIpc) is 2.60. The summed E-state index contributed by atoms with van der Waals surface area (Å²) in [6.07, 6.45) is 4.23. The van der Waals surface area contributed by atoms with Crippen molar-refractivity contribution in [1.82, 2.24) is 5.32 Å². The molecule has 1 N–H and O–H groups in total. The van der Waals surface area contributed by atoms with Crippen LogP contribution in [0, 0.1) is 0 Å². The monoisotopic (exact) mass is 207 g/mol. The molecule has 1 aliphatic rings. The van der Waals surface area contributed by atoms with Gasteiger partial charge >= 0.3 is 0 Å². The second-order valence-corrected chi connectivity index (χ2v) is 3.90. The number of halogens is 1. The smallest absolute Gasteiger partial charge is 0.0151 e. The number of hydrogen-bond donors (Lipinski definition) is 1. The molecule has 0 saturated carbocycles. The van der Waals surface area contributed by atoms with Gasteiger partial charge in [-0.2, -0.15) is 0 Å². The van der Waals surface area contributed by atoms with E-state index in [1.165, 1.54) is 11.1 Å². The summed E-state index contributed by atoms with van der Waals surface area (Å²) in [4.78, 5) is 0. The lowest BCUT2D eigenvalue weighted by Gasteiger charge is -2.08. The van der Waals surface area contributed by atoms with E-state index >= 15 is 0 Å². The lowest BCUT2D eigenvalue weighted by atomic mass is 10.1. The molecule has 0 aromatic heterocycles. The summed E-state index contributed by atoms with van der Waals surface area (Å²) in [5.74, 6) is 0. The quantitative estimate of drug-likeness (QED) is 0.803. The Labute approximate surface area is 89.8 Å². The fourth-order valence-electron chi connectivity index (χ4n) is 1.98. The number of fused-ring (bicyclic) bond motifs is 1. The minimum absolute atomic E-state index is 0.584. The van der Waals surface area contributed by atoms with Gasteiger partial charge in [-0.3, -0.25) is 0 Å². The van der Waals surface area contributed by atoms with Crippen LogP contribution in [0.1, 0.15) is 11.1 Å². The van der Waals surface area contributed by atoms with Gasteiger partial charge in [0.05, 0.1) is 0 Å². The van der Waals surface area contributed by atoms with Crippen molar-refractivity contribution >= 4 is 11.6 Å². The Balaban J connectivity index is 1.92. The van der Waals surface area contributed by atoms with Crippen LogP contribution in [-0.4, -0.2) is 12.6 Å². The van der Waals surface area contributed by atoms with E-state index in [2.05, 4.69) is 29.6 Å². The molecule has 0 amide bonds. The highest BCUT2D eigenvalue weighted by atomic mass is 35.5. The van der Waals surface area contributed by atoms with Crippen LogP contribution >= 0.6 is 11.6 Å². The van der Waals surface area contributed by atoms with Crippen LogP contribution in [0.15, 0.2) is 35.9 Å². The fourth-order valence-corrected chi connectivity index (χ4v) is 2.07. The van der Waals surface area contributed by atoms with Crippen LogP contribution in [0.2, 0.25) is 0 Å². The number of rotatable bonds is 3. The van der Waals surface area contributed by atoms with Crippen molar-refractivity contribution in [3.8, 4) is 0 Å². The highest BCUT2D eigenvalue weighted by Gasteiger charge is 2.19. The Bertz CT molecular complexity index is 308. The van der Waals surface area contributed by atoms with E-state index in [1.807, 2.05) is 6.08 Å². The minimum Gasteiger partial charge on any atom is -0.310 e. The van der Waals surface area contributed by atoms with Crippen LogP contribution in [0.25, 0.3) is 0 Å². The van der Waals surface area contributed by atoms with Crippen molar-refractivity contribution in [2.45, 2.75) is 18.9 Å². The zero-order valence-electron chi connectivity index (χ0n) is 8.04. The molecule has 1 nitrogen and oxygen atoms in total. The molecule has 2 heteroatoms. The number of nitrogens with one attached hydrogen (secondary N) is 1. The van der Waals surface area contributed by atoms with Gasteiger partial charge in [-0.1, -0.05) is 41.9 Å². The van der Waals surface area contributed by atoms with Gasteiger partial charge in [0.25, 0.3) is 0 Å². The van der Waals surface area contributed by atoms with Crippen LogP contribution in [0.3, 0.4) is 0 Å². The molecule has 0 radical (unpaired) electrons. The first-order valence-electron chi connectivity index (χ1n) is 4.95. The zero-order valence-corrected chi connectivity index (χ0v) is 8.80. The van der Waals surface area contributed by atoms with Gasteiger partial charge in [0.15, 0.2) is 0 Å². The zero-order chi connectivity index (χ0) is 9.80. The summed E-state index contributed by atoms with van der Waals surface area (Å²) < 4.78 is 0. The van der Waals surface area contributed by atoms with Crippen LogP contribution in [0.4, 0.5) is 0 Å². The molecule has 1 aliphatic carbocycles. The molecule has 1 aromatic carbocycles. The van der Waals surface area contributed by atoms with Crippen LogP contribution < -0.4 is 5.32 Å². The first-order chi connectivity index (χ1) is 6.90. The molecular formula is C12H14ClN. The lowest BCUT2D eigenvalue weighted by molar-refractivity contribution is 0.567. The van der Waals surface area contributed by atoms with Gasteiger partial charge in [0.2, 0.25) is 0 Å². The van der Waals surface area contributed by atoms with Gasteiger partial charge in [-0.15, -0.1) is 0 Å². The third-order valence-corrected chi connectivity index (χ3v) is 2.84. The van der Waals surface area contributed by atoms with E-state index in [0.717, 1.165) is 19.4 Å². The minimum atomic E-state index is 0.584. The summed E-state index contributed by atoms with van der Waals surface area (Å²) in [5, 5.41) is 3.46. The standard InChI is InChI=1S/C12H14ClN/c13-6-3-7-14-12-8-10-4-1-2-5-11(10)9-12/h1-6,12,14H,7-9H2/b6-3+. The average molecular weight is 208 g/mol. The molecule has 0 unspecified atom stereocenters. The van der Waals surface area contributed by atoms with E-state index in [-0.39, 0.29) is 0 Å². The molecule has 2 rings (SSSR count). The molecule has 0 saturated heterocycles. The SMILES string of the molecule is Cl/C=C/CNC1Cc2ccccc2C1. The number of hydrogen-bond acceptors (Lipinski definition) is 1. The van der Waals surface area contributed by atoms with Gasteiger partial charge < -0.3 is 5.32 Å². The fraction of sp³-hybridized carbons (Fsp3) is 0.333. The maximum absolute atomic E-state index is 5.46. The first kappa shape index (κ1) is 9.75. The van der Waals surface area contributed by atoms with E-state index in [1.54, 1.807) is 5.54 Å². The summed E-state index contributed by atoms with van der Waals surface area (Å²) in [7, 11) is 0. The van der Waals surface area contributed by atoms with E-state index < -0.39 is 0 Å². The van der Waals surface area contributed by atoms with Crippen LogP contribution in [0.5, 0.6) is 0 Å². The Hall–Kier alpha value is -0.790. The second-order valence-electron chi connectivity index (χ2n) is 3.64. The maximum atomic E-state index is 5.46. The normalized spacial score (nSPS) is 16.4. The molecule has 14 heavy (non-hydrogen) atoms. The molecule has 0 fully saturated rings. The maximum Gasteiger partial charge on any atom is 0.0151 e. The van der Waals surface area contributed by atoms with Crippen molar-refractivity contribution in [2.75, 3.05) is 6.54 Å². The van der Waals surface area contributed by atoms with E-state index in [4.69, 9.17) is 11.6 Å². The Kier molecular flexibility index (Phi) is 3.22. The van der Waals surface area contributed by atoms with Gasteiger partial charge in [0, 0.05) is 18.1 Å². The predicted octanol–water partition coefficient (Wildman–Crippen LogP) is 2.50. The van der Waals surface area contributed by atoms with Crippen molar-refractivity contribution < 1.29 is 0 Å². The topological polar surface area (TPSA) is 12.0 Å². The van der Waals surface area contributed by atoms with Crippen molar-refractivity contribution in [2.24, 2.45) is 0 Å². The van der Waals surface area contributed by atoms with Crippen molar-refractivity contribution in [3.05, 3.63) is 47.0 Å². The molecule has 0 bridgehead atoms. The van der Waals surface area contributed by atoms with Gasteiger partial charge in [0.1, 0.15) is 0 Å². The first-order valence-corrected chi connectivity index (χ1v) is 5.39. The molecule has 0 aliphatic heterocycles. The van der Waals surface area contributed by atoms with Crippen LogP contribution in [-0.2, 0) is 12.8 Å². The van der Waals surface area contributed by atoms with Crippen molar-refractivity contribution in [3.63, 3.8) is 0 Å². The van der Waals surface area contributed by atoms with Gasteiger partial charge in [-0.25, -0.2) is 0 Å². The third kappa shape index (κ3) is 2.17. The number of benzene rings is 1. The summed E-state index contributed by atoms with van der Waals surface area (Å²) >= 11 is 5.46. The van der Waals surface area contributed by atoms with Crippen molar-refractivity contribution in [1.29, 1.82) is 0 Å². The largest absolute Gasteiger partial charge is 0.310 e. The highest BCUT2D eigenvalue weighted by molar-refractivity contribution is 6.25. The lowest BCUT2D eigenvalue weighted by Crippen LogP contribution is -2.29. The Morgan fingerprint density at radius 3 is 2.50 bits per heavy atom. The molecule has 0 heterocycles. The summed E-state index contributed by atoms with van der Waals surface area (Å²) in [6.45, 7) is 0.863. The Morgan fingerprint density at radius 2 is 1.93 bits per heavy atom. The third-order valence-electron chi connectivity index (χ3n) is 2.66. The molecule has 0 spiro atoms. The molecule has 74 valence electrons. The molecule has 0 atom stereocenters. The molecule has 1 aromatic rings. The Morgan fingerprint density at radius 1 is 1.29 bits per heavy atom. The second kappa shape index (κ2) is 4.63. The summed E-state index contributed by atoms with van der Waals surface area (Å²) in [6, 6.07) is 9.24.